The second-order valence-electron chi connectivity index (χ2n) is 9.04. The number of anilines is 1. The van der Waals surface area contributed by atoms with E-state index in [2.05, 4.69) is 59.3 Å². The number of nitrogens with two attached hydrogens (primary N) is 1. The van der Waals surface area contributed by atoms with Crippen molar-refractivity contribution in [2.45, 2.75) is 32.5 Å². The van der Waals surface area contributed by atoms with Gasteiger partial charge in [0.25, 0.3) is 5.91 Å². The van der Waals surface area contributed by atoms with Crippen LogP contribution in [0.4, 0.5) is 5.69 Å². The van der Waals surface area contributed by atoms with Crippen LogP contribution in [0.1, 0.15) is 50.3 Å². The van der Waals surface area contributed by atoms with E-state index in [0.717, 1.165) is 47.5 Å². The number of para-hydroxylation sites is 1. The number of carbonyl (C=O) groups excluding carboxylic acids is 1. The molecule has 2 heterocycles. The number of aryl methyl sites for hydroxylation is 1. The molecule has 0 fully saturated rings. The Morgan fingerprint density at radius 3 is 2.56 bits per heavy atom. The monoisotopic (exact) mass is 445 g/mol. The zero-order valence-corrected chi connectivity index (χ0v) is 19.1. The molecule has 0 saturated heterocycles. The lowest BCUT2D eigenvalue weighted by Crippen LogP contribution is -2.30. The number of carbonyl (C=O) groups is 1. The Kier molecular flexibility index (Phi) is 5.16. The van der Waals surface area contributed by atoms with Crippen LogP contribution in [-0.4, -0.2) is 10.5 Å². The highest BCUT2D eigenvalue weighted by Gasteiger charge is 2.25. The van der Waals surface area contributed by atoms with Crippen molar-refractivity contribution in [1.29, 1.82) is 0 Å². The molecule has 1 aliphatic heterocycles. The molecule has 0 unspecified atom stereocenters. The van der Waals surface area contributed by atoms with Crippen molar-refractivity contribution in [1.82, 2.24) is 4.57 Å². The fraction of sp³-hybridized carbons (Fsp3) is 0.167. The van der Waals surface area contributed by atoms with Crippen LogP contribution >= 0.6 is 0 Å². The van der Waals surface area contributed by atoms with Crippen LogP contribution in [0, 0.1) is 0 Å². The summed E-state index contributed by atoms with van der Waals surface area (Å²) in [5.41, 5.74) is 16.1. The number of fused-ring (bicyclic) bond motifs is 3. The Hall–Kier alpha value is -3.89. The lowest BCUT2D eigenvalue weighted by atomic mass is 9.84. The predicted octanol–water partition coefficient (Wildman–Crippen LogP) is 5.53. The van der Waals surface area contributed by atoms with Crippen LogP contribution in [0.2, 0.25) is 0 Å². The highest BCUT2D eigenvalue weighted by atomic mass is 16.2. The average molecular weight is 446 g/mol. The van der Waals surface area contributed by atoms with Gasteiger partial charge in [-0.25, -0.2) is 0 Å². The van der Waals surface area contributed by atoms with Gasteiger partial charge >= 0.3 is 0 Å². The van der Waals surface area contributed by atoms with Crippen molar-refractivity contribution in [3.63, 3.8) is 0 Å². The van der Waals surface area contributed by atoms with Gasteiger partial charge in [0.2, 0.25) is 0 Å². The minimum atomic E-state index is 0.00127. The maximum absolute atomic E-state index is 13.9. The van der Waals surface area contributed by atoms with Gasteiger partial charge in [-0.15, -0.1) is 0 Å². The maximum atomic E-state index is 13.9. The van der Waals surface area contributed by atoms with Gasteiger partial charge in [0.05, 0.1) is 6.54 Å². The summed E-state index contributed by atoms with van der Waals surface area (Å²) in [7, 11) is 0. The molecule has 0 saturated carbocycles. The number of nitrogens with zero attached hydrogens (tertiary/aromatic N) is 2. The Bertz CT molecular complexity index is 1430. The number of hydrogen-bond donors (Lipinski definition) is 1. The number of benzene rings is 3. The Morgan fingerprint density at radius 2 is 1.68 bits per heavy atom. The second-order valence-corrected chi connectivity index (χ2v) is 9.04. The molecule has 0 bridgehead atoms. The van der Waals surface area contributed by atoms with Gasteiger partial charge < -0.3 is 15.2 Å². The fourth-order valence-corrected chi connectivity index (χ4v) is 5.32. The Labute approximate surface area is 200 Å². The minimum absolute atomic E-state index is 0.00127. The van der Waals surface area contributed by atoms with Crippen LogP contribution in [0.5, 0.6) is 0 Å². The minimum Gasteiger partial charge on any atom is -0.345 e. The van der Waals surface area contributed by atoms with Crippen molar-refractivity contribution >= 4 is 17.2 Å². The van der Waals surface area contributed by atoms with E-state index >= 15 is 0 Å². The van der Waals surface area contributed by atoms with E-state index < -0.39 is 0 Å². The summed E-state index contributed by atoms with van der Waals surface area (Å²) in [6.07, 6.45) is 6.46. The van der Waals surface area contributed by atoms with E-state index in [1.165, 1.54) is 16.7 Å². The first-order valence-corrected chi connectivity index (χ1v) is 11.9. The molecule has 4 nitrogen and oxygen atoms in total. The number of amides is 1. The normalized spacial score (nSPS) is 14.5. The third kappa shape index (κ3) is 3.47. The van der Waals surface area contributed by atoms with E-state index in [-0.39, 0.29) is 5.91 Å². The molecule has 2 aliphatic rings. The number of aromatic nitrogens is 1. The highest BCUT2D eigenvalue weighted by Crippen LogP contribution is 2.35. The van der Waals surface area contributed by atoms with Crippen LogP contribution in [0.15, 0.2) is 91.1 Å². The summed E-state index contributed by atoms with van der Waals surface area (Å²) in [6.45, 7) is 1.69. The largest absolute Gasteiger partial charge is 0.345 e. The number of rotatable bonds is 3. The van der Waals surface area contributed by atoms with E-state index in [1.54, 1.807) is 0 Å². The van der Waals surface area contributed by atoms with Crippen LogP contribution in [0.25, 0.3) is 5.57 Å². The molecule has 4 aromatic rings. The molecule has 3 aromatic carbocycles. The quantitative estimate of drug-likeness (QED) is 0.451. The fourth-order valence-electron chi connectivity index (χ4n) is 5.32. The molecule has 6 rings (SSSR count). The smallest absolute Gasteiger partial charge is 0.258 e. The summed E-state index contributed by atoms with van der Waals surface area (Å²) in [5, 5.41) is 0. The standard InChI is InChI=1S/C30H27N3O/c31-18-24-17-22(14-15-27(24)28-12-5-9-21-7-1-3-11-26(21)28)30(34)33-20-25-10-6-16-32(25)19-23-8-2-4-13-29(23)33/h1-4,6-8,10-17H,5,9,18-20,31H2. The molecule has 1 aromatic heterocycles. The second kappa shape index (κ2) is 8.47. The van der Waals surface area contributed by atoms with Gasteiger partial charge in [0.15, 0.2) is 0 Å². The lowest BCUT2D eigenvalue weighted by molar-refractivity contribution is 0.0985. The maximum Gasteiger partial charge on any atom is 0.258 e. The Morgan fingerprint density at radius 1 is 0.853 bits per heavy atom. The average Bonchev–Trinajstić information content (AvgIpc) is 3.26. The zero-order valence-electron chi connectivity index (χ0n) is 19.1. The molecular formula is C30H27N3O. The molecule has 2 N–H and O–H groups in total. The summed E-state index contributed by atoms with van der Waals surface area (Å²) in [6, 6.07) is 26.9. The first kappa shape index (κ1) is 20.7. The molecule has 1 amide bonds. The first-order valence-electron chi connectivity index (χ1n) is 11.9. The van der Waals surface area contributed by atoms with E-state index in [1.807, 2.05) is 41.3 Å². The van der Waals surface area contributed by atoms with Gasteiger partial charge in [-0.2, -0.15) is 0 Å². The summed E-state index contributed by atoms with van der Waals surface area (Å²) < 4.78 is 2.22. The van der Waals surface area contributed by atoms with Gasteiger partial charge in [-0.3, -0.25) is 4.79 Å². The lowest BCUT2D eigenvalue weighted by Gasteiger charge is -2.24. The van der Waals surface area contributed by atoms with Crippen LogP contribution in [0.3, 0.4) is 0 Å². The van der Waals surface area contributed by atoms with Gasteiger partial charge in [-0.05, 0) is 76.6 Å². The van der Waals surface area contributed by atoms with Crippen molar-refractivity contribution in [3.05, 3.63) is 130 Å². The summed E-state index contributed by atoms with van der Waals surface area (Å²) >= 11 is 0. The predicted molar refractivity (Wildman–Crippen MR) is 137 cm³/mol. The highest BCUT2D eigenvalue weighted by molar-refractivity contribution is 6.07. The molecule has 168 valence electrons. The van der Waals surface area contributed by atoms with Gasteiger partial charge in [0, 0.05) is 36.2 Å². The van der Waals surface area contributed by atoms with Gasteiger partial charge in [-0.1, -0.05) is 54.6 Å². The molecule has 4 heteroatoms. The third-order valence-corrected chi connectivity index (χ3v) is 7.04. The zero-order chi connectivity index (χ0) is 23.1. The molecule has 0 spiro atoms. The summed E-state index contributed by atoms with van der Waals surface area (Å²) in [5.74, 6) is 0.00127. The van der Waals surface area contributed by atoms with Crippen molar-refractivity contribution in [3.8, 4) is 0 Å². The Balaban J connectivity index is 1.40. The molecule has 34 heavy (non-hydrogen) atoms. The van der Waals surface area contributed by atoms with Crippen molar-refractivity contribution in [2.75, 3.05) is 4.90 Å². The third-order valence-electron chi connectivity index (χ3n) is 7.04. The van der Waals surface area contributed by atoms with Crippen LogP contribution in [-0.2, 0) is 26.1 Å². The first-order chi connectivity index (χ1) is 16.7. The van der Waals surface area contributed by atoms with Crippen molar-refractivity contribution in [2.24, 2.45) is 5.73 Å². The number of allylic oxidation sites excluding steroid dienone is 1. The topological polar surface area (TPSA) is 51.3 Å². The van der Waals surface area contributed by atoms with E-state index in [4.69, 9.17) is 5.73 Å². The summed E-state index contributed by atoms with van der Waals surface area (Å²) in [4.78, 5) is 15.8. The SMILES string of the molecule is NCc1cc(C(=O)N2Cc3cccn3Cc3ccccc32)ccc1C1=CCCc2ccccc21. The molecular weight excluding hydrogens is 418 g/mol. The van der Waals surface area contributed by atoms with Crippen molar-refractivity contribution < 1.29 is 4.79 Å². The van der Waals surface area contributed by atoms with E-state index in [0.29, 0.717) is 18.7 Å². The van der Waals surface area contributed by atoms with Crippen LogP contribution < -0.4 is 10.6 Å². The number of hydrogen-bond acceptors (Lipinski definition) is 2. The van der Waals surface area contributed by atoms with E-state index in [9.17, 15) is 4.79 Å². The molecule has 1 aliphatic carbocycles. The van der Waals surface area contributed by atoms with Gasteiger partial charge in [0.1, 0.15) is 0 Å². The molecule has 0 radical (unpaired) electrons. The molecule has 0 atom stereocenters.